The molecule has 0 aliphatic rings. The third-order valence-corrected chi connectivity index (χ3v) is 1.69. The van der Waals surface area contributed by atoms with E-state index in [0.717, 1.165) is 0 Å². The molecule has 1 unspecified atom stereocenters. The van der Waals surface area contributed by atoms with Crippen LogP contribution in [0, 0.1) is 0 Å². The van der Waals surface area contributed by atoms with Gasteiger partial charge in [-0.2, -0.15) is 0 Å². The third kappa shape index (κ3) is 2.68. The lowest BCUT2D eigenvalue weighted by Crippen LogP contribution is -2.17. The minimum Gasteiger partial charge on any atom is -0.462 e. The van der Waals surface area contributed by atoms with Gasteiger partial charge in [-0.05, 0) is 18.2 Å². The van der Waals surface area contributed by atoms with E-state index in [4.69, 9.17) is 32.9 Å². The molecule has 0 saturated carbocycles. The van der Waals surface area contributed by atoms with E-state index in [1.54, 1.807) is 18.2 Å². The number of anilines is 2. The molecule has 0 fully saturated rings. The number of aliphatic hydroxyl groups excluding tert-OH is 1. The largest absolute Gasteiger partial charge is 0.462 e. The Kier molecular flexibility index (Phi) is 3.22. The molecule has 0 saturated heterocycles. The summed E-state index contributed by atoms with van der Waals surface area (Å²) in [5, 5.41) is 9.06. The zero-order valence-electron chi connectivity index (χ0n) is 6.90. The monoisotopic (exact) mass is 202 g/mol. The van der Waals surface area contributed by atoms with Crippen LogP contribution in [0.4, 0.5) is 11.4 Å². The average molecular weight is 203 g/mol. The van der Waals surface area contributed by atoms with E-state index in [9.17, 15) is 0 Å². The number of ether oxygens (including phenoxy) is 1. The van der Waals surface area contributed by atoms with E-state index in [1.165, 1.54) is 0 Å². The molecule has 1 aromatic rings. The lowest BCUT2D eigenvalue weighted by Gasteiger charge is -2.12. The van der Waals surface area contributed by atoms with Gasteiger partial charge in [0, 0.05) is 5.69 Å². The molecular formula is C8H11ClN2O2. The van der Waals surface area contributed by atoms with Crippen LogP contribution in [0.3, 0.4) is 0 Å². The number of nitrogens with two attached hydrogens (primary N) is 2. The fraction of sp³-hybridized carbons (Fsp3) is 0.250. The Labute approximate surface area is 81.1 Å². The summed E-state index contributed by atoms with van der Waals surface area (Å²) in [6.07, 6.45) is -1.05. The van der Waals surface area contributed by atoms with Gasteiger partial charge in [0.1, 0.15) is 5.75 Å². The summed E-state index contributed by atoms with van der Waals surface area (Å²) in [4.78, 5) is 0. The predicted molar refractivity (Wildman–Crippen MR) is 52.6 cm³/mol. The first-order chi connectivity index (χ1) is 6.13. The van der Waals surface area contributed by atoms with Crippen LogP contribution in [-0.2, 0) is 0 Å². The molecule has 0 bridgehead atoms. The normalized spacial score (nSPS) is 12.5. The fourth-order valence-corrected chi connectivity index (χ4v) is 0.915. The summed E-state index contributed by atoms with van der Waals surface area (Å²) < 4.78 is 4.99. The maximum atomic E-state index is 9.06. The van der Waals surface area contributed by atoms with Crippen LogP contribution < -0.4 is 16.2 Å². The van der Waals surface area contributed by atoms with E-state index in [-0.39, 0.29) is 5.88 Å². The van der Waals surface area contributed by atoms with E-state index in [2.05, 4.69) is 0 Å². The average Bonchev–Trinajstić information content (AvgIpc) is 2.09. The van der Waals surface area contributed by atoms with Gasteiger partial charge >= 0.3 is 0 Å². The number of nitrogen functional groups attached to an aromatic ring is 2. The molecule has 13 heavy (non-hydrogen) atoms. The van der Waals surface area contributed by atoms with Crippen molar-refractivity contribution in [2.75, 3.05) is 17.3 Å². The number of benzene rings is 1. The van der Waals surface area contributed by atoms with E-state index >= 15 is 0 Å². The number of halogens is 1. The summed E-state index contributed by atoms with van der Waals surface area (Å²) in [5.41, 5.74) is 12.0. The summed E-state index contributed by atoms with van der Waals surface area (Å²) in [7, 11) is 0. The molecule has 0 aliphatic heterocycles. The Morgan fingerprint density at radius 2 is 2.15 bits per heavy atom. The molecule has 0 amide bonds. The molecule has 1 atom stereocenters. The highest BCUT2D eigenvalue weighted by molar-refractivity contribution is 6.18. The van der Waals surface area contributed by atoms with Crippen LogP contribution >= 0.6 is 11.6 Å². The molecule has 4 nitrogen and oxygen atoms in total. The smallest absolute Gasteiger partial charge is 0.211 e. The van der Waals surface area contributed by atoms with E-state index < -0.39 is 6.29 Å². The molecule has 0 aromatic heterocycles. The first kappa shape index (κ1) is 9.95. The Morgan fingerprint density at radius 1 is 1.46 bits per heavy atom. The molecule has 1 rings (SSSR count). The van der Waals surface area contributed by atoms with Crippen molar-refractivity contribution in [3.8, 4) is 5.75 Å². The van der Waals surface area contributed by atoms with Gasteiger partial charge in [0.05, 0.1) is 11.6 Å². The fourth-order valence-electron chi connectivity index (χ4n) is 0.852. The van der Waals surface area contributed by atoms with Crippen LogP contribution in [0.25, 0.3) is 0 Å². The molecule has 5 N–H and O–H groups in total. The summed E-state index contributed by atoms with van der Waals surface area (Å²) >= 11 is 5.34. The lowest BCUT2D eigenvalue weighted by molar-refractivity contribution is 0.00329. The van der Waals surface area contributed by atoms with Crippen molar-refractivity contribution < 1.29 is 9.84 Å². The van der Waals surface area contributed by atoms with Gasteiger partial charge in [0.2, 0.25) is 6.29 Å². The van der Waals surface area contributed by atoms with Gasteiger partial charge in [0.25, 0.3) is 0 Å². The summed E-state index contributed by atoms with van der Waals surface area (Å²) in [5.74, 6) is 0.367. The van der Waals surface area contributed by atoms with Crippen LogP contribution in [0.5, 0.6) is 5.75 Å². The molecule has 1 aromatic carbocycles. The minimum absolute atomic E-state index is 0.0101. The van der Waals surface area contributed by atoms with Crippen LogP contribution in [0.1, 0.15) is 0 Å². The van der Waals surface area contributed by atoms with Gasteiger partial charge in [-0.3, -0.25) is 0 Å². The lowest BCUT2D eigenvalue weighted by atomic mass is 10.2. The minimum atomic E-state index is -1.05. The molecule has 72 valence electrons. The molecular weight excluding hydrogens is 192 g/mol. The Balaban J connectivity index is 2.77. The molecule has 5 heteroatoms. The molecule has 0 heterocycles. The first-order valence-electron chi connectivity index (χ1n) is 3.69. The zero-order valence-corrected chi connectivity index (χ0v) is 7.66. The highest BCUT2D eigenvalue weighted by Crippen LogP contribution is 2.24. The maximum absolute atomic E-state index is 9.06. The van der Waals surface area contributed by atoms with Crippen molar-refractivity contribution in [2.45, 2.75) is 6.29 Å². The van der Waals surface area contributed by atoms with Crippen molar-refractivity contribution in [2.24, 2.45) is 0 Å². The van der Waals surface area contributed by atoms with Crippen molar-refractivity contribution in [1.29, 1.82) is 0 Å². The van der Waals surface area contributed by atoms with Crippen molar-refractivity contribution in [3.05, 3.63) is 18.2 Å². The van der Waals surface area contributed by atoms with Crippen LogP contribution in [0.2, 0.25) is 0 Å². The number of hydrogen-bond donors (Lipinski definition) is 3. The zero-order chi connectivity index (χ0) is 9.84. The highest BCUT2D eigenvalue weighted by atomic mass is 35.5. The van der Waals surface area contributed by atoms with Gasteiger partial charge in [-0.15, -0.1) is 11.6 Å². The second-order valence-electron chi connectivity index (χ2n) is 2.52. The molecule has 0 aliphatic carbocycles. The molecule has 0 spiro atoms. The number of aliphatic hydroxyl groups is 1. The van der Waals surface area contributed by atoms with Gasteiger partial charge in [-0.1, -0.05) is 0 Å². The second-order valence-corrected chi connectivity index (χ2v) is 2.83. The standard InChI is InChI=1S/C8H11ClN2O2/c9-4-8(12)13-7-2-1-5(10)3-6(7)11/h1-3,8,12H,4,10-11H2. The van der Waals surface area contributed by atoms with Gasteiger partial charge in [-0.25, -0.2) is 0 Å². The van der Waals surface area contributed by atoms with E-state index in [1.807, 2.05) is 0 Å². The van der Waals surface area contributed by atoms with Crippen molar-refractivity contribution in [1.82, 2.24) is 0 Å². The first-order valence-corrected chi connectivity index (χ1v) is 4.22. The Bertz CT molecular complexity index is 293. The maximum Gasteiger partial charge on any atom is 0.211 e. The molecule has 0 radical (unpaired) electrons. The predicted octanol–water partition coefficient (Wildman–Crippen LogP) is 0.787. The van der Waals surface area contributed by atoms with Crippen molar-refractivity contribution in [3.63, 3.8) is 0 Å². The topological polar surface area (TPSA) is 81.5 Å². The third-order valence-electron chi connectivity index (χ3n) is 1.43. The van der Waals surface area contributed by atoms with E-state index in [0.29, 0.717) is 17.1 Å². The highest BCUT2D eigenvalue weighted by Gasteiger charge is 2.06. The quantitative estimate of drug-likeness (QED) is 0.385. The van der Waals surface area contributed by atoms with Crippen molar-refractivity contribution >= 4 is 23.0 Å². The van der Waals surface area contributed by atoms with Crippen LogP contribution in [0.15, 0.2) is 18.2 Å². The van der Waals surface area contributed by atoms with Gasteiger partial charge < -0.3 is 21.3 Å². The summed E-state index contributed by atoms with van der Waals surface area (Å²) in [6, 6.07) is 4.77. The second kappa shape index (κ2) is 4.20. The number of alkyl halides is 1. The number of rotatable bonds is 3. The Morgan fingerprint density at radius 3 is 2.69 bits per heavy atom. The SMILES string of the molecule is Nc1ccc(OC(O)CCl)c(N)c1. The Hall–Kier alpha value is -1.13. The number of hydrogen-bond acceptors (Lipinski definition) is 4. The summed E-state index contributed by atoms with van der Waals surface area (Å²) in [6.45, 7) is 0. The van der Waals surface area contributed by atoms with Crippen LogP contribution in [-0.4, -0.2) is 17.3 Å². The van der Waals surface area contributed by atoms with Gasteiger partial charge in [0.15, 0.2) is 0 Å².